The summed E-state index contributed by atoms with van der Waals surface area (Å²) in [6, 6.07) is 5.54. The summed E-state index contributed by atoms with van der Waals surface area (Å²) in [6.45, 7) is 7.63. The third-order valence-electron chi connectivity index (χ3n) is 6.64. The second-order valence-electron chi connectivity index (χ2n) is 10.8. The first-order chi connectivity index (χ1) is 18.2. The number of carbonyl (C=O) groups is 1. The maximum absolute atomic E-state index is 14.0. The Bertz CT molecular complexity index is 1320. The van der Waals surface area contributed by atoms with Crippen LogP contribution in [0.15, 0.2) is 23.0 Å². The predicted octanol–water partition coefficient (Wildman–Crippen LogP) is 5.59. The minimum atomic E-state index is -0.566. The second-order valence-corrected chi connectivity index (χ2v) is 11.2. The van der Waals surface area contributed by atoms with Crippen molar-refractivity contribution in [3.63, 3.8) is 0 Å². The predicted molar refractivity (Wildman–Crippen MR) is 149 cm³/mol. The van der Waals surface area contributed by atoms with Crippen molar-refractivity contribution in [3.05, 3.63) is 39.3 Å². The van der Waals surface area contributed by atoms with Crippen LogP contribution in [0, 0.1) is 0 Å². The van der Waals surface area contributed by atoms with Crippen LogP contribution >= 0.6 is 11.6 Å². The number of benzene rings is 1. The summed E-state index contributed by atoms with van der Waals surface area (Å²) in [5, 5.41) is 9.79. The Morgan fingerprint density at radius 2 is 2.05 bits per heavy atom. The van der Waals surface area contributed by atoms with E-state index in [0.29, 0.717) is 55.1 Å². The fourth-order valence-corrected chi connectivity index (χ4v) is 5.13. The number of halogens is 1. The highest BCUT2D eigenvalue weighted by atomic mass is 35.5. The molecule has 4 rings (SSSR count). The van der Waals surface area contributed by atoms with Crippen molar-refractivity contribution in [1.29, 1.82) is 0 Å². The number of rotatable bonds is 10. The van der Waals surface area contributed by atoms with E-state index in [2.05, 4.69) is 5.32 Å². The molecule has 0 bridgehead atoms. The molecule has 3 aromatic rings. The quantitative estimate of drug-likeness (QED) is 0.333. The molecule has 0 spiro atoms. The van der Waals surface area contributed by atoms with E-state index < -0.39 is 11.7 Å². The zero-order valence-corrected chi connectivity index (χ0v) is 23.6. The maximum Gasteiger partial charge on any atom is 0.407 e. The third-order valence-corrected chi connectivity index (χ3v) is 6.88. The van der Waals surface area contributed by atoms with Gasteiger partial charge in [-0.15, -0.1) is 0 Å². The molecule has 0 aliphatic carbocycles. The van der Waals surface area contributed by atoms with E-state index in [1.807, 2.05) is 37.6 Å². The number of aromatic nitrogens is 3. The number of nitrogens with zero attached hydrogens (tertiary/aromatic N) is 3. The molecular formula is C28H39ClN4O5. The molecule has 1 aliphatic heterocycles. The normalized spacial score (nSPS) is 16.3. The van der Waals surface area contributed by atoms with Gasteiger partial charge in [0.05, 0.1) is 16.6 Å². The van der Waals surface area contributed by atoms with E-state index in [0.717, 1.165) is 48.7 Å². The number of methoxy groups -OCH3 is 1. The van der Waals surface area contributed by atoms with Crippen LogP contribution in [-0.2, 0) is 27.2 Å². The Balaban J connectivity index is 1.72. The van der Waals surface area contributed by atoms with E-state index in [1.54, 1.807) is 17.7 Å². The molecule has 0 radical (unpaired) electrons. The number of nitrogens with one attached hydrogen (secondary N) is 1. The summed E-state index contributed by atoms with van der Waals surface area (Å²) in [6.07, 6.45) is 5.31. The third kappa shape index (κ3) is 6.68. The average Bonchev–Trinajstić information content (AvgIpc) is 3.26. The molecule has 1 N–H and O–H groups in total. The van der Waals surface area contributed by atoms with Gasteiger partial charge in [-0.2, -0.15) is 5.10 Å². The summed E-state index contributed by atoms with van der Waals surface area (Å²) in [7, 11) is 1.70. The number of alkyl carbamates (subject to hydrolysis) is 1. The highest BCUT2D eigenvalue weighted by Crippen LogP contribution is 2.32. The first kappa shape index (κ1) is 28.4. The minimum Gasteiger partial charge on any atom is -0.444 e. The van der Waals surface area contributed by atoms with Crippen LogP contribution in [0.1, 0.15) is 71.2 Å². The molecule has 0 saturated carbocycles. The van der Waals surface area contributed by atoms with Gasteiger partial charge in [0, 0.05) is 43.8 Å². The fraction of sp³-hybridized carbons (Fsp3) is 0.607. The monoisotopic (exact) mass is 546 g/mol. The van der Waals surface area contributed by atoms with Crippen LogP contribution in [0.4, 0.5) is 4.79 Å². The number of fused-ring (bicyclic) bond motifs is 3. The van der Waals surface area contributed by atoms with Gasteiger partial charge >= 0.3 is 6.09 Å². The molecule has 9 nitrogen and oxygen atoms in total. The van der Waals surface area contributed by atoms with E-state index >= 15 is 0 Å². The van der Waals surface area contributed by atoms with E-state index in [9.17, 15) is 9.59 Å². The molecule has 10 heteroatoms. The van der Waals surface area contributed by atoms with Crippen LogP contribution in [0.2, 0.25) is 5.02 Å². The first-order valence-electron chi connectivity index (χ1n) is 13.5. The van der Waals surface area contributed by atoms with Crippen LogP contribution in [0.3, 0.4) is 0 Å². The van der Waals surface area contributed by atoms with E-state index in [4.69, 9.17) is 30.9 Å². The van der Waals surface area contributed by atoms with Crippen molar-refractivity contribution in [2.75, 3.05) is 26.9 Å². The average molecular weight is 547 g/mol. The zero-order valence-electron chi connectivity index (χ0n) is 22.8. The largest absolute Gasteiger partial charge is 0.444 e. The van der Waals surface area contributed by atoms with Crippen molar-refractivity contribution < 1.29 is 19.0 Å². The number of hydrogen-bond donors (Lipinski definition) is 1. The number of hydrogen-bond acceptors (Lipinski definition) is 6. The molecule has 1 saturated heterocycles. The maximum atomic E-state index is 14.0. The number of pyridine rings is 1. The van der Waals surface area contributed by atoms with Gasteiger partial charge in [0.2, 0.25) is 0 Å². The lowest BCUT2D eigenvalue weighted by Crippen LogP contribution is -2.33. The smallest absolute Gasteiger partial charge is 0.407 e. The lowest BCUT2D eigenvalue weighted by molar-refractivity contribution is -0.0407. The van der Waals surface area contributed by atoms with Gasteiger partial charge in [0.1, 0.15) is 11.1 Å². The molecule has 1 fully saturated rings. The highest BCUT2D eigenvalue weighted by Gasteiger charge is 2.26. The van der Waals surface area contributed by atoms with Gasteiger partial charge < -0.3 is 24.1 Å². The summed E-state index contributed by atoms with van der Waals surface area (Å²) >= 11 is 6.42. The van der Waals surface area contributed by atoms with Crippen molar-refractivity contribution in [2.24, 2.45) is 0 Å². The van der Waals surface area contributed by atoms with Crippen LogP contribution < -0.4 is 10.9 Å². The molecular weight excluding hydrogens is 508 g/mol. The number of amides is 1. The Morgan fingerprint density at radius 3 is 2.76 bits per heavy atom. The van der Waals surface area contributed by atoms with E-state index in [-0.39, 0.29) is 11.8 Å². The molecule has 1 aromatic carbocycles. The fourth-order valence-electron chi connectivity index (χ4n) is 4.96. The van der Waals surface area contributed by atoms with Crippen molar-refractivity contribution >= 4 is 39.5 Å². The van der Waals surface area contributed by atoms with Gasteiger partial charge in [-0.05, 0) is 83.9 Å². The molecule has 1 amide bonds. The molecule has 1 aliphatic rings. The van der Waals surface area contributed by atoms with Gasteiger partial charge in [-0.1, -0.05) is 11.6 Å². The second kappa shape index (κ2) is 12.5. The van der Waals surface area contributed by atoms with Crippen LogP contribution in [-0.4, -0.2) is 52.9 Å². The van der Waals surface area contributed by atoms with Crippen LogP contribution in [0.25, 0.3) is 21.8 Å². The number of unbranched alkanes of at least 4 members (excludes halogenated alkanes) is 1. The summed E-state index contributed by atoms with van der Waals surface area (Å²) in [5.74, 6) is 0. The lowest BCUT2D eigenvalue weighted by atomic mass is 10.1. The Labute approximate surface area is 228 Å². The van der Waals surface area contributed by atoms with Gasteiger partial charge in [0.15, 0.2) is 6.23 Å². The number of aryl methyl sites for hydroxylation is 2. The lowest BCUT2D eigenvalue weighted by Gasteiger charge is -2.24. The topological polar surface area (TPSA) is 96.6 Å². The minimum absolute atomic E-state index is 0.0871. The van der Waals surface area contributed by atoms with Gasteiger partial charge in [-0.25, -0.2) is 9.48 Å². The molecule has 38 heavy (non-hydrogen) atoms. The summed E-state index contributed by atoms with van der Waals surface area (Å²) in [5.41, 5.74) is 1.67. The molecule has 208 valence electrons. The Hall–Kier alpha value is -2.62. The standard InChI is InChI=1S/C28H39ClN4O5/c1-28(2,3)38-27(35)30-14-9-15-32-21-13-12-19(29)18-20(21)25-24(26(32)34)22(10-5-7-16-36-4)33(31-25)23-11-6-8-17-37-23/h12-13,18,23H,5-11,14-17H2,1-4H3,(H,30,35). The summed E-state index contributed by atoms with van der Waals surface area (Å²) in [4.78, 5) is 26.1. The Kier molecular flexibility index (Phi) is 9.33. The van der Waals surface area contributed by atoms with Gasteiger partial charge in [-0.3, -0.25) is 4.79 Å². The Morgan fingerprint density at radius 1 is 1.24 bits per heavy atom. The first-order valence-corrected chi connectivity index (χ1v) is 13.9. The SMILES string of the molecule is COCCCCc1c2c(=O)n(CCCNC(=O)OC(C)(C)C)c3ccc(Cl)cc3c2nn1C1CCCCO1. The van der Waals surface area contributed by atoms with Gasteiger partial charge in [0.25, 0.3) is 5.56 Å². The van der Waals surface area contributed by atoms with Crippen molar-refractivity contribution in [3.8, 4) is 0 Å². The molecule has 3 heterocycles. The summed E-state index contributed by atoms with van der Waals surface area (Å²) < 4.78 is 20.4. The molecule has 2 aromatic heterocycles. The van der Waals surface area contributed by atoms with Crippen molar-refractivity contribution in [2.45, 2.75) is 84.1 Å². The van der Waals surface area contributed by atoms with E-state index in [1.165, 1.54) is 0 Å². The molecule has 1 unspecified atom stereocenters. The zero-order chi connectivity index (χ0) is 27.3. The van der Waals surface area contributed by atoms with Crippen LogP contribution in [0.5, 0.6) is 0 Å². The number of ether oxygens (including phenoxy) is 3. The van der Waals surface area contributed by atoms with Crippen molar-refractivity contribution in [1.82, 2.24) is 19.7 Å². The number of carbonyl (C=O) groups excluding carboxylic acids is 1. The molecule has 1 atom stereocenters. The highest BCUT2D eigenvalue weighted by molar-refractivity contribution is 6.31.